The molecule has 0 amide bonds. The minimum absolute atomic E-state index is 0.101. The van der Waals surface area contributed by atoms with E-state index in [-0.39, 0.29) is 11.9 Å². The Morgan fingerprint density at radius 2 is 1.80 bits per heavy atom. The predicted molar refractivity (Wildman–Crippen MR) is 118 cm³/mol. The van der Waals surface area contributed by atoms with E-state index in [0.29, 0.717) is 36.2 Å². The predicted octanol–water partition coefficient (Wildman–Crippen LogP) is 4.80. The highest BCUT2D eigenvalue weighted by Gasteiger charge is 2.30. The van der Waals surface area contributed by atoms with Crippen molar-refractivity contribution in [3.8, 4) is 0 Å². The van der Waals surface area contributed by atoms with Crippen molar-refractivity contribution in [2.75, 3.05) is 0 Å². The number of nitrogens with zero attached hydrogens (tertiary/aromatic N) is 3. The van der Waals surface area contributed by atoms with Gasteiger partial charge in [-0.3, -0.25) is 4.79 Å². The van der Waals surface area contributed by atoms with Gasteiger partial charge in [0.1, 0.15) is 17.4 Å². The highest BCUT2D eigenvalue weighted by molar-refractivity contribution is 6.31. The number of aliphatic hydroxyl groups is 1. The first-order chi connectivity index (χ1) is 14.5. The maximum atomic E-state index is 12.6. The number of ketones is 1. The smallest absolute Gasteiger partial charge is 0.137 e. The Kier molecular flexibility index (Phi) is 6.89. The lowest BCUT2D eigenvalue weighted by molar-refractivity contribution is -0.118. The standard InChI is InChI=1S/C24H32ClN3O2/c1-16-18(3-2-4-22(16)25)15-21(30)12-14-24-27-26-23(28(24)19-8-9-19)13-7-17-5-10-20(29)11-6-17/h2-4,17,19-20,29H,5-15H2,1H3. The number of benzene rings is 1. The number of aliphatic hydroxyl groups excluding tert-OH is 1. The number of aromatic nitrogens is 3. The van der Waals surface area contributed by atoms with Gasteiger partial charge in [0.2, 0.25) is 0 Å². The molecule has 0 bridgehead atoms. The normalized spacial score (nSPS) is 21.7. The summed E-state index contributed by atoms with van der Waals surface area (Å²) in [7, 11) is 0. The van der Waals surface area contributed by atoms with E-state index in [9.17, 15) is 9.90 Å². The van der Waals surface area contributed by atoms with Crippen molar-refractivity contribution in [3.63, 3.8) is 0 Å². The number of rotatable bonds is 9. The number of hydrogen-bond donors (Lipinski definition) is 1. The van der Waals surface area contributed by atoms with E-state index in [1.54, 1.807) is 0 Å². The van der Waals surface area contributed by atoms with E-state index in [0.717, 1.165) is 61.3 Å². The summed E-state index contributed by atoms with van der Waals surface area (Å²) in [5.41, 5.74) is 2.00. The van der Waals surface area contributed by atoms with E-state index >= 15 is 0 Å². The van der Waals surface area contributed by atoms with Gasteiger partial charge in [-0.1, -0.05) is 23.7 Å². The number of Topliss-reactive ketones (excluding diaryl/α,β-unsaturated/α-hetero) is 1. The highest BCUT2D eigenvalue weighted by Crippen LogP contribution is 2.37. The molecule has 0 aliphatic heterocycles. The van der Waals surface area contributed by atoms with Crippen LogP contribution >= 0.6 is 11.6 Å². The first kappa shape index (κ1) is 21.5. The molecule has 1 aromatic heterocycles. The second-order valence-electron chi connectivity index (χ2n) is 9.09. The lowest BCUT2D eigenvalue weighted by Gasteiger charge is -2.25. The summed E-state index contributed by atoms with van der Waals surface area (Å²) < 4.78 is 2.32. The van der Waals surface area contributed by atoms with Crippen molar-refractivity contribution in [3.05, 3.63) is 46.0 Å². The molecule has 2 saturated carbocycles. The summed E-state index contributed by atoms with van der Waals surface area (Å²) in [5, 5.41) is 19.4. The second kappa shape index (κ2) is 9.61. The molecule has 0 unspecified atom stereocenters. The largest absolute Gasteiger partial charge is 0.393 e. The first-order valence-electron chi connectivity index (χ1n) is 11.4. The van der Waals surface area contributed by atoms with Gasteiger partial charge in [-0.25, -0.2) is 0 Å². The minimum Gasteiger partial charge on any atom is -0.393 e. The third kappa shape index (κ3) is 5.30. The molecule has 2 aliphatic rings. The van der Waals surface area contributed by atoms with Crippen LogP contribution < -0.4 is 0 Å². The summed E-state index contributed by atoms with van der Waals surface area (Å²) in [4.78, 5) is 12.6. The van der Waals surface area contributed by atoms with Crippen molar-refractivity contribution in [2.24, 2.45) is 5.92 Å². The van der Waals surface area contributed by atoms with Crippen molar-refractivity contribution < 1.29 is 9.90 Å². The molecule has 1 N–H and O–H groups in total. The fraction of sp³-hybridized carbons (Fsp3) is 0.625. The van der Waals surface area contributed by atoms with Crippen LogP contribution in [0.5, 0.6) is 0 Å². The van der Waals surface area contributed by atoms with Gasteiger partial charge in [0.05, 0.1) is 6.10 Å². The van der Waals surface area contributed by atoms with Crippen LogP contribution in [0, 0.1) is 12.8 Å². The number of aryl methyl sites for hydroxylation is 2. The third-order valence-corrected chi connectivity index (χ3v) is 7.15. The van der Waals surface area contributed by atoms with Gasteiger partial charge < -0.3 is 9.67 Å². The SMILES string of the molecule is Cc1c(Cl)cccc1CC(=O)CCc1nnc(CCC2CCC(O)CC2)n1C1CC1. The Hall–Kier alpha value is -1.72. The summed E-state index contributed by atoms with van der Waals surface area (Å²) in [6, 6.07) is 6.26. The molecule has 0 spiro atoms. The summed E-state index contributed by atoms with van der Waals surface area (Å²) in [6.45, 7) is 1.97. The number of carbonyl (C=O) groups is 1. The Labute approximate surface area is 183 Å². The molecule has 0 saturated heterocycles. The Balaban J connectivity index is 1.34. The first-order valence-corrected chi connectivity index (χ1v) is 11.8. The lowest BCUT2D eigenvalue weighted by Crippen LogP contribution is -2.19. The van der Waals surface area contributed by atoms with Crippen LogP contribution in [0.1, 0.15) is 80.2 Å². The van der Waals surface area contributed by atoms with Crippen LogP contribution in [-0.2, 0) is 24.1 Å². The molecule has 162 valence electrons. The fourth-order valence-corrected chi connectivity index (χ4v) is 4.81. The fourth-order valence-electron chi connectivity index (χ4n) is 4.62. The highest BCUT2D eigenvalue weighted by atomic mass is 35.5. The number of carbonyl (C=O) groups excluding carboxylic acids is 1. The average Bonchev–Trinajstić information content (AvgIpc) is 3.49. The molecule has 1 heterocycles. The van der Waals surface area contributed by atoms with Crippen LogP contribution in [0.4, 0.5) is 0 Å². The zero-order valence-electron chi connectivity index (χ0n) is 17.8. The van der Waals surface area contributed by atoms with Crippen molar-refractivity contribution >= 4 is 17.4 Å². The van der Waals surface area contributed by atoms with E-state index in [2.05, 4.69) is 14.8 Å². The van der Waals surface area contributed by atoms with E-state index in [1.165, 1.54) is 12.8 Å². The monoisotopic (exact) mass is 429 g/mol. The van der Waals surface area contributed by atoms with Crippen LogP contribution in [0.3, 0.4) is 0 Å². The van der Waals surface area contributed by atoms with Crippen LogP contribution in [0.25, 0.3) is 0 Å². The maximum absolute atomic E-state index is 12.6. The molecule has 0 radical (unpaired) electrons. The summed E-state index contributed by atoms with van der Waals surface area (Å²) in [5.74, 6) is 2.94. The second-order valence-corrected chi connectivity index (χ2v) is 9.49. The molecule has 2 aliphatic carbocycles. The Morgan fingerprint density at radius 3 is 2.50 bits per heavy atom. The van der Waals surface area contributed by atoms with E-state index in [4.69, 9.17) is 11.6 Å². The van der Waals surface area contributed by atoms with Crippen LogP contribution in [0.2, 0.25) is 5.02 Å². The molecular formula is C24H32ClN3O2. The van der Waals surface area contributed by atoms with Crippen molar-refractivity contribution in [1.29, 1.82) is 0 Å². The molecule has 5 nitrogen and oxygen atoms in total. The van der Waals surface area contributed by atoms with Gasteiger partial charge in [-0.05, 0) is 75.0 Å². The third-order valence-electron chi connectivity index (χ3n) is 6.74. The topological polar surface area (TPSA) is 68.0 Å². The van der Waals surface area contributed by atoms with Gasteiger partial charge >= 0.3 is 0 Å². The van der Waals surface area contributed by atoms with Crippen molar-refractivity contribution in [2.45, 2.75) is 89.7 Å². The zero-order chi connectivity index (χ0) is 21.1. The molecule has 4 rings (SSSR count). The molecule has 6 heteroatoms. The van der Waals surface area contributed by atoms with Crippen LogP contribution in [-0.4, -0.2) is 31.8 Å². The van der Waals surface area contributed by atoms with Gasteiger partial charge in [0.15, 0.2) is 0 Å². The van der Waals surface area contributed by atoms with Gasteiger partial charge in [0.25, 0.3) is 0 Å². The maximum Gasteiger partial charge on any atom is 0.137 e. The molecule has 0 atom stereocenters. The molecule has 2 fully saturated rings. The molecule has 2 aromatic rings. The zero-order valence-corrected chi connectivity index (χ0v) is 18.6. The molecule has 30 heavy (non-hydrogen) atoms. The average molecular weight is 430 g/mol. The quantitative estimate of drug-likeness (QED) is 0.621. The van der Waals surface area contributed by atoms with E-state index < -0.39 is 0 Å². The van der Waals surface area contributed by atoms with Crippen LogP contribution in [0.15, 0.2) is 18.2 Å². The lowest BCUT2D eigenvalue weighted by atomic mass is 9.84. The summed E-state index contributed by atoms with van der Waals surface area (Å²) in [6.07, 6.45) is 9.97. The number of halogens is 1. The Bertz CT molecular complexity index is 883. The van der Waals surface area contributed by atoms with E-state index in [1.807, 2.05) is 25.1 Å². The van der Waals surface area contributed by atoms with Gasteiger partial charge in [0, 0.05) is 36.7 Å². The summed E-state index contributed by atoms with van der Waals surface area (Å²) >= 11 is 6.18. The Morgan fingerprint density at radius 1 is 1.10 bits per heavy atom. The van der Waals surface area contributed by atoms with Crippen molar-refractivity contribution in [1.82, 2.24) is 14.8 Å². The van der Waals surface area contributed by atoms with Gasteiger partial charge in [-0.2, -0.15) is 0 Å². The minimum atomic E-state index is -0.101. The van der Waals surface area contributed by atoms with Gasteiger partial charge in [-0.15, -0.1) is 10.2 Å². The molecular weight excluding hydrogens is 398 g/mol. The number of hydrogen-bond acceptors (Lipinski definition) is 4. The molecule has 1 aromatic carbocycles.